The van der Waals surface area contributed by atoms with Crippen molar-refractivity contribution in [3.63, 3.8) is 0 Å². The van der Waals surface area contributed by atoms with Crippen LogP contribution >= 0.6 is 11.6 Å². The van der Waals surface area contributed by atoms with Crippen LogP contribution in [0.2, 0.25) is 5.02 Å². The fraction of sp³-hybridized carbons (Fsp3) is 0.208. The summed E-state index contributed by atoms with van der Waals surface area (Å²) < 4.78 is 41.4. The predicted molar refractivity (Wildman–Crippen MR) is 123 cm³/mol. The van der Waals surface area contributed by atoms with Gasteiger partial charge in [0, 0.05) is 29.2 Å². The van der Waals surface area contributed by atoms with E-state index in [2.05, 4.69) is 0 Å². The van der Waals surface area contributed by atoms with Crippen LogP contribution in [0.25, 0.3) is 0 Å². The molecule has 1 saturated carbocycles. The Bertz CT molecular complexity index is 1210. The molecule has 0 atom stereocenters. The van der Waals surface area contributed by atoms with Gasteiger partial charge in [-0.05, 0) is 61.4 Å². The molecule has 0 aromatic heterocycles. The molecular weight excluding hydrogens is 451 g/mol. The van der Waals surface area contributed by atoms with E-state index in [-0.39, 0.29) is 34.0 Å². The molecule has 0 spiro atoms. The highest BCUT2D eigenvalue weighted by molar-refractivity contribution is 7.92. The number of hydrogen-bond acceptors (Lipinski definition) is 3. The van der Waals surface area contributed by atoms with E-state index in [0.717, 1.165) is 12.8 Å². The maximum atomic E-state index is 14.3. The Morgan fingerprint density at radius 1 is 1.00 bits per heavy atom. The third kappa shape index (κ3) is 4.49. The molecule has 0 bridgehead atoms. The second-order valence-electron chi connectivity index (χ2n) is 7.70. The molecule has 3 aromatic carbocycles. The van der Waals surface area contributed by atoms with Crippen LogP contribution in [0.3, 0.4) is 0 Å². The first-order chi connectivity index (χ1) is 15.3. The van der Waals surface area contributed by atoms with Crippen LogP contribution in [-0.2, 0) is 16.6 Å². The van der Waals surface area contributed by atoms with Crippen molar-refractivity contribution in [2.75, 3.05) is 11.4 Å². The molecular formula is C24H22ClFN2O3S. The minimum Gasteiger partial charge on any atom is -0.331 e. The summed E-state index contributed by atoms with van der Waals surface area (Å²) in [5.41, 5.74) is 1.15. The lowest BCUT2D eigenvalue weighted by molar-refractivity contribution is 0.0728. The summed E-state index contributed by atoms with van der Waals surface area (Å²) in [5, 5.41) is 0.272. The number of hydrogen-bond donors (Lipinski definition) is 0. The van der Waals surface area contributed by atoms with Crippen LogP contribution in [0.5, 0.6) is 0 Å². The SMILES string of the molecule is CN(c1ccccc1)S(=O)(=O)c1ccc(C(=O)N(Cc2c(F)cccc2Cl)C2CC2)cc1. The van der Waals surface area contributed by atoms with Crippen molar-refractivity contribution >= 4 is 33.2 Å². The lowest BCUT2D eigenvalue weighted by atomic mass is 10.1. The van der Waals surface area contributed by atoms with Crippen molar-refractivity contribution in [3.8, 4) is 0 Å². The Hall–Kier alpha value is -2.90. The fourth-order valence-corrected chi connectivity index (χ4v) is 4.90. The Kier molecular flexibility index (Phi) is 6.22. The second-order valence-corrected chi connectivity index (χ2v) is 10.1. The van der Waals surface area contributed by atoms with Crippen LogP contribution < -0.4 is 4.31 Å². The molecule has 0 saturated heterocycles. The van der Waals surface area contributed by atoms with Gasteiger partial charge in [0.25, 0.3) is 15.9 Å². The normalized spacial score (nSPS) is 13.6. The van der Waals surface area contributed by atoms with E-state index in [0.29, 0.717) is 11.3 Å². The van der Waals surface area contributed by atoms with Crippen molar-refractivity contribution in [2.24, 2.45) is 0 Å². The first kappa shape index (κ1) is 22.3. The van der Waals surface area contributed by atoms with Crippen LogP contribution in [-0.4, -0.2) is 32.3 Å². The van der Waals surface area contributed by atoms with Crippen molar-refractivity contribution < 1.29 is 17.6 Å². The van der Waals surface area contributed by atoms with Gasteiger partial charge >= 0.3 is 0 Å². The molecule has 166 valence electrons. The fourth-order valence-electron chi connectivity index (χ4n) is 3.48. The van der Waals surface area contributed by atoms with Gasteiger partial charge in [-0.1, -0.05) is 35.9 Å². The summed E-state index contributed by atoms with van der Waals surface area (Å²) in [6, 6.07) is 19.0. The number of para-hydroxylation sites is 1. The average Bonchev–Trinajstić information content (AvgIpc) is 3.64. The maximum absolute atomic E-state index is 14.3. The van der Waals surface area contributed by atoms with Gasteiger partial charge in [-0.2, -0.15) is 0 Å². The molecule has 0 radical (unpaired) electrons. The number of rotatable bonds is 7. The minimum atomic E-state index is -3.78. The van der Waals surface area contributed by atoms with Gasteiger partial charge in [0.2, 0.25) is 0 Å². The Labute approximate surface area is 192 Å². The zero-order chi connectivity index (χ0) is 22.9. The van der Waals surface area contributed by atoms with Crippen LogP contribution in [0, 0.1) is 5.82 Å². The Morgan fingerprint density at radius 2 is 1.66 bits per heavy atom. The largest absolute Gasteiger partial charge is 0.331 e. The highest BCUT2D eigenvalue weighted by atomic mass is 35.5. The number of benzene rings is 3. The highest BCUT2D eigenvalue weighted by Crippen LogP contribution is 2.32. The molecule has 1 amide bonds. The molecule has 1 aliphatic rings. The summed E-state index contributed by atoms with van der Waals surface area (Å²) >= 11 is 6.15. The lowest BCUT2D eigenvalue weighted by Crippen LogP contribution is -2.33. The predicted octanol–water partition coefficient (Wildman–Crippen LogP) is 5.11. The van der Waals surface area contributed by atoms with Gasteiger partial charge < -0.3 is 4.90 Å². The van der Waals surface area contributed by atoms with Crippen molar-refractivity contribution in [2.45, 2.75) is 30.3 Å². The minimum absolute atomic E-state index is 0.0193. The molecule has 1 aliphatic carbocycles. The molecule has 4 rings (SSSR count). The summed E-state index contributed by atoms with van der Waals surface area (Å²) in [6.07, 6.45) is 1.68. The lowest BCUT2D eigenvalue weighted by Gasteiger charge is -2.24. The first-order valence-corrected chi connectivity index (χ1v) is 12.0. The number of anilines is 1. The van der Waals surface area contributed by atoms with Gasteiger partial charge in [0.1, 0.15) is 5.82 Å². The third-order valence-corrected chi connectivity index (χ3v) is 7.67. The number of carbonyl (C=O) groups excluding carboxylic acids is 1. The topological polar surface area (TPSA) is 57.7 Å². The van der Waals surface area contributed by atoms with Crippen LogP contribution in [0.1, 0.15) is 28.8 Å². The zero-order valence-corrected chi connectivity index (χ0v) is 19.0. The molecule has 0 heterocycles. The summed E-state index contributed by atoms with van der Waals surface area (Å²) in [7, 11) is -2.29. The van der Waals surface area contributed by atoms with Crippen LogP contribution in [0.4, 0.5) is 10.1 Å². The molecule has 0 N–H and O–H groups in total. The second kappa shape index (κ2) is 8.92. The number of carbonyl (C=O) groups is 1. The molecule has 0 aliphatic heterocycles. The van der Waals surface area contributed by atoms with E-state index in [1.54, 1.807) is 35.2 Å². The van der Waals surface area contributed by atoms with E-state index in [1.807, 2.05) is 6.07 Å². The molecule has 32 heavy (non-hydrogen) atoms. The number of halogens is 2. The van der Waals surface area contributed by atoms with Crippen molar-refractivity contribution in [3.05, 3.63) is 94.8 Å². The van der Waals surface area contributed by atoms with Gasteiger partial charge in [-0.3, -0.25) is 9.10 Å². The highest BCUT2D eigenvalue weighted by Gasteiger charge is 2.34. The molecule has 3 aromatic rings. The van der Waals surface area contributed by atoms with Gasteiger partial charge in [0.15, 0.2) is 0 Å². The summed E-state index contributed by atoms with van der Waals surface area (Å²) in [4.78, 5) is 14.9. The van der Waals surface area contributed by atoms with Gasteiger partial charge in [0.05, 0.1) is 17.1 Å². The summed E-state index contributed by atoms with van der Waals surface area (Å²) in [5.74, 6) is -0.742. The van der Waals surface area contributed by atoms with Gasteiger partial charge in [-0.15, -0.1) is 0 Å². The standard InChI is InChI=1S/C24H22ClFN2O3S/c1-27(18-6-3-2-4-7-18)32(30,31)20-14-10-17(11-15-20)24(29)28(19-12-13-19)16-21-22(25)8-5-9-23(21)26/h2-11,14-15,19H,12-13,16H2,1H3. The molecule has 0 unspecified atom stereocenters. The van der Waals surface area contributed by atoms with E-state index in [1.165, 1.54) is 47.8 Å². The maximum Gasteiger partial charge on any atom is 0.264 e. The van der Waals surface area contributed by atoms with Crippen LogP contribution in [0.15, 0.2) is 77.7 Å². The average molecular weight is 473 g/mol. The van der Waals surface area contributed by atoms with E-state index in [4.69, 9.17) is 11.6 Å². The van der Waals surface area contributed by atoms with E-state index >= 15 is 0 Å². The smallest absolute Gasteiger partial charge is 0.264 e. The number of nitrogens with zero attached hydrogens (tertiary/aromatic N) is 2. The Morgan fingerprint density at radius 3 is 2.25 bits per heavy atom. The number of amides is 1. The molecule has 5 nitrogen and oxygen atoms in total. The first-order valence-electron chi connectivity index (χ1n) is 10.2. The zero-order valence-electron chi connectivity index (χ0n) is 17.4. The van der Waals surface area contributed by atoms with Crippen molar-refractivity contribution in [1.82, 2.24) is 4.90 Å². The molecule has 1 fully saturated rings. The monoisotopic (exact) mass is 472 g/mol. The molecule has 8 heteroatoms. The van der Waals surface area contributed by atoms with Gasteiger partial charge in [-0.25, -0.2) is 12.8 Å². The van der Waals surface area contributed by atoms with Crippen molar-refractivity contribution in [1.29, 1.82) is 0 Å². The van der Waals surface area contributed by atoms with E-state index < -0.39 is 15.8 Å². The quantitative estimate of drug-likeness (QED) is 0.480. The van der Waals surface area contributed by atoms with E-state index in [9.17, 15) is 17.6 Å². The number of sulfonamides is 1. The Balaban J connectivity index is 1.57. The summed E-state index contributed by atoms with van der Waals surface area (Å²) in [6.45, 7) is 0.0613. The third-order valence-electron chi connectivity index (χ3n) is 5.52.